The smallest absolute Gasteiger partial charge is 0.467 e. The Hall–Kier alpha value is -2.70. The maximum Gasteiger partial charge on any atom is 0.523 e. The van der Waals surface area contributed by atoms with Gasteiger partial charge in [-0.2, -0.15) is 21.6 Å². The maximum absolute atomic E-state index is 13.1. The van der Waals surface area contributed by atoms with Gasteiger partial charge in [0.1, 0.15) is 23.9 Å². The van der Waals surface area contributed by atoms with Gasteiger partial charge in [-0.15, -0.1) is 0 Å². The number of halogens is 3. The molecule has 2 fully saturated rings. The molecule has 1 N–H and O–H groups in total. The Bertz CT molecular complexity index is 1060. The van der Waals surface area contributed by atoms with Crippen molar-refractivity contribution < 1.29 is 73.4 Å². The van der Waals surface area contributed by atoms with Gasteiger partial charge in [-0.3, -0.25) is 8.98 Å². The van der Waals surface area contributed by atoms with Crippen LogP contribution in [0.4, 0.5) is 18.0 Å². The lowest BCUT2D eigenvalue weighted by Crippen LogP contribution is -2.56. The number of rotatable bonds is 8. The number of fused-ring (bicyclic) bond motifs is 1. The van der Waals surface area contributed by atoms with E-state index in [1.807, 2.05) is 0 Å². The lowest BCUT2D eigenvalue weighted by molar-refractivity contribution is -0.205. The van der Waals surface area contributed by atoms with Gasteiger partial charge in [-0.25, -0.2) is 14.4 Å². The Labute approximate surface area is 221 Å². The van der Waals surface area contributed by atoms with Crippen LogP contribution in [-0.2, 0) is 57.1 Å². The monoisotopic (exact) mass is 593 g/mol. The van der Waals surface area contributed by atoms with Crippen molar-refractivity contribution >= 4 is 34.1 Å². The molecule has 2 aliphatic rings. The fourth-order valence-electron chi connectivity index (χ4n) is 4.06. The van der Waals surface area contributed by atoms with Gasteiger partial charge < -0.3 is 33.7 Å². The Balaban J connectivity index is 2.46. The van der Waals surface area contributed by atoms with Crippen LogP contribution in [0.1, 0.15) is 40.5 Å². The molecule has 1 amide bonds. The molecule has 0 spiro atoms. The van der Waals surface area contributed by atoms with E-state index < -0.39 is 101 Å². The first-order valence-electron chi connectivity index (χ1n) is 11.4. The number of alkyl carbamates (subject to hydrolysis) is 1. The summed E-state index contributed by atoms with van der Waals surface area (Å²) in [6.45, 7) is 4.94. The average Bonchev–Trinajstić information content (AvgIpc) is 3.16. The summed E-state index contributed by atoms with van der Waals surface area (Å²) in [6, 6.07) is -1.60. The standard InChI is InChI=1S/C21H30F3NO13S/c1-10(26)35-13-9-34-12-8-20(17(28)33-6,36-14(12)15(13)38-39(30,31)21(22,23)24)7-11(16(27)32-5)25-18(29)37-19(2,3)4/h11-15H,7-9H2,1-6H3,(H,25,29)/t11-,12+,13+,14-,15-,20+/m0/s1. The summed E-state index contributed by atoms with van der Waals surface area (Å²) in [5, 5.41) is 2.23. The highest BCUT2D eigenvalue weighted by Gasteiger charge is 2.62. The van der Waals surface area contributed by atoms with Crippen LogP contribution in [0.5, 0.6) is 0 Å². The van der Waals surface area contributed by atoms with Crippen LogP contribution in [-0.4, -0.2) is 100 Å². The molecule has 0 bridgehead atoms. The van der Waals surface area contributed by atoms with Crippen molar-refractivity contribution in [1.29, 1.82) is 0 Å². The molecule has 6 atom stereocenters. The zero-order valence-electron chi connectivity index (χ0n) is 21.9. The molecule has 0 saturated carbocycles. The van der Waals surface area contributed by atoms with Crippen LogP contribution in [0.15, 0.2) is 0 Å². The van der Waals surface area contributed by atoms with Crippen molar-refractivity contribution in [3.8, 4) is 0 Å². The number of carbonyl (C=O) groups excluding carboxylic acids is 4. The van der Waals surface area contributed by atoms with Crippen molar-refractivity contribution in [2.75, 3.05) is 20.8 Å². The number of ether oxygens (including phenoxy) is 6. The van der Waals surface area contributed by atoms with Crippen LogP contribution < -0.4 is 5.32 Å². The van der Waals surface area contributed by atoms with E-state index in [1.165, 1.54) is 0 Å². The topological polar surface area (TPSA) is 179 Å². The second-order valence-corrected chi connectivity index (χ2v) is 11.2. The first-order chi connectivity index (χ1) is 17.7. The molecule has 2 heterocycles. The van der Waals surface area contributed by atoms with Gasteiger partial charge in [0, 0.05) is 19.8 Å². The molecule has 0 aromatic rings. The van der Waals surface area contributed by atoms with E-state index in [0.29, 0.717) is 0 Å². The number of nitrogens with one attached hydrogen (secondary N) is 1. The minimum Gasteiger partial charge on any atom is -0.467 e. The van der Waals surface area contributed by atoms with E-state index in [4.69, 9.17) is 23.7 Å². The van der Waals surface area contributed by atoms with Crippen molar-refractivity contribution in [3.05, 3.63) is 0 Å². The maximum atomic E-state index is 13.1. The molecule has 0 aliphatic carbocycles. The summed E-state index contributed by atoms with van der Waals surface area (Å²) in [7, 11) is -4.29. The quantitative estimate of drug-likeness (QED) is 0.180. The first-order valence-corrected chi connectivity index (χ1v) is 12.8. The largest absolute Gasteiger partial charge is 0.523 e. The highest BCUT2D eigenvalue weighted by atomic mass is 32.2. The molecule has 2 saturated heterocycles. The highest BCUT2D eigenvalue weighted by molar-refractivity contribution is 7.87. The predicted octanol–water partition coefficient (Wildman–Crippen LogP) is 0.709. The summed E-state index contributed by atoms with van der Waals surface area (Å²) in [4.78, 5) is 49.3. The van der Waals surface area contributed by atoms with E-state index >= 15 is 0 Å². The summed E-state index contributed by atoms with van der Waals surface area (Å²) < 4.78 is 98.2. The van der Waals surface area contributed by atoms with Crippen LogP contribution in [0.2, 0.25) is 0 Å². The van der Waals surface area contributed by atoms with Crippen LogP contribution in [0, 0.1) is 0 Å². The third-order valence-corrected chi connectivity index (χ3v) is 6.57. The lowest BCUT2D eigenvalue weighted by Gasteiger charge is -2.37. The number of hydrogen-bond donors (Lipinski definition) is 1. The van der Waals surface area contributed by atoms with Gasteiger partial charge in [0.15, 0.2) is 11.7 Å². The summed E-state index contributed by atoms with van der Waals surface area (Å²) in [5.74, 6) is -3.18. The molecule has 224 valence electrons. The molecule has 2 rings (SSSR count). The zero-order valence-corrected chi connectivity index (χ0v) is 22.7. The van der Waals surface area contributed by atoms with Crippen molar-refractivity contribution in [3.63, 3.8) is 0 Å². The van der Waals surface area contributed by atoms with Crippen LogP contribution in [0.3, 0.4) is 0 Å². The Morgan fingerprint density at radius 1 is 1.10 bits per heavy atom. The van der Waals surface area contributed by atoms with E-state index in [9.17, 15) is 40.8 Å². The SMILES string of the molecule is COC(=O)[C@H](C[C@]1(C(=O)OC)C[C@H]2OC[C@@H](OC(C)=O)[C@H](OS(=O)(=O)C(F)(F)F)[C@H]2O1)NC(=O)OC(C)(C)C. The second-order valence-electron chi connectivity index (χ2n) is 9.68. The molecular weight excluding hydrogens is 563 g/mol. The zero-order chi connectivity index (χ0) is 30.0. The van der Waals surface area contributed by atoms with Gasteiger partial charge in [0.2, 0.25) is 0 Å². The van der Waals surface area contributed by atoms with Gasteiger partial charge in [-0.1, -0.05) is 0 Å². The first kappa shape index (κ1) is 32.5. The Kier molecular flexibility index (Phi) is 9.85. The Morgan fingerprint density at radius 2 is 1.72 bits per heavy atom. The van der Waals surface area contributed by atoms with E-state index in [0.717, 1.165) is 21.1 Å². The minimum atomic E-state index is -6.23. The van der Waals surface area contributed by atoms with Crippen molar-refractivity contribution in [1.82, 2.24) is 5.32 Å². The van der Waals surface area contributed by atoms with E-state index in [1.54, 1.807) is 20.8 Å². The minimum absolute atomic E-state index is 0.480. The molecule has 0 unspecified atom stereocenters. The number of esters is 3. The fourth-order valence-corrected chi connectivity index (χ4v) is 4.70. The summed E-state index contributed by atoms with van der Waals surface area (Å²) in [5.41, 5.74) is -9.00. The average molecular weight is 594 g/mol. The molecule has 39 heavy (non-hydrogen) atoms. The molecule has 14 nitrogen and oxygen atoms in total. The van der Waals surface area contributed by atoms with Gasteiger partial charge >= 0.3 is 39.6 Å². The molecule has 18 heteroatoms. The fraction of sp³-hybridized carbons (Fsp3) is 0.810. The molecule has 2 aliphatic heterocycles. The Morgan fingerprint density at radius 3 is 2.21 bits per heavy atom. The van der Waals surface area contributed by atoms with Crippen LogP contribution >= 0.6 is 0 Å². The number of hydrogen-bond acceptors (Lipinski definition) is 13. The number of methoxy groups -OCH3 is 2. The number of carbonyl (C=O) groups is 4. The number of alkyl halides is 3. The normalized spacial score (nSPS) is 28.0. The number of amides is 1. The van der Waals surface area contributed by atoms with E-state index in [-0.39, 0.29) is 0 Å². The molecule has 0 radical (unpaired) electrons. The summed E-state index contributed by atoms with van der Waals surface area (Å²) >= 11 is 0. The third-order valence-electron chi connectivity index (χ3n) is 5.53. The molecule has 0 aromatic carbocycles. The van der Waals surface area contributed by atoms with Crippen molar-refractivity contribution in [2.24, 2.45) is 0 Å². The summed E-state index contributed by atoms with van der Waals surface area (Å²) in [6.07, 6.45) is -9.07. The second kappa shape index (κ2) is 11.8. The highest BCUT2D eigenvalue weighted by Crippen LogP contribution is 2.43. The molecular formula is C21H30F3NO13S. The van der Waals surface area contributed by atoms with Crippen LogP contribution in [0.25, 0.3) is 0 Å². The van der Waals surface area contributed by atoms with Gasteiger partial charge in [0.25, 0.3) is 0 Å². The van der Waals surface area contributed by atoms with Gasteiger partial charge in [-0.05, 0) is 20.8 Å². The van der Waals surface area contributed by atoms with E-state index in [2.05, 4.69) is 14.2 Å². The lowest BCUT2D eigenvalue weighted by atomic mass is 9.89. The third kappa shape index (κ3) is 7.92. The predicted molar refractivity (Wildman–Crippen MR) is 119 cm³/mol. The molecule has 0 aromatic heterocycles. The van der Waals surface area contributed by atoms with Crippen molar-refractivity contribution in [2.45, 2.75) is 87.7 Å². The van der Waals surface area contributed by atoms with Gasteiger partial charge in [0.05, 0.1) is 26.9 Å².